The van der Waals surface area contributed by atoms with E-state index in [1.165, 1.54) is 12.5 Å². The first-order valence-corrected chi connectivity index (χ1v) is 26.9. The van der Waals surface area contributed by atoms with Crippen molar-refractivity contribution >= 4 is 0 Å². The minimum absolute atomic E-state index is 0.0349. The molecule has 6 saturated heterocycles. The van der Waals surface area contributed by atoms with Crippen molar-refractivity contribution in [1.29, 1.82) is 0 Å². The first-order valence-electron chi connectivity index (χ1n) is 26.9. The predicted molar refractivity (Wildman–Crippen MR) is 247 cm³/mol. The summed E-state index contributed by atoms with van der Waals surface area (Å²) < 4.78 is 60.8. The fourth-order valence-electron chi connectivity index (χ4n) is 15.5. The zero-order valence-corrected chi connectivity index (χ0v) is 42.4. The van der Waals surface area contributed by atoms with Crippen LogP contribution in [0.5, 0.6) is 0 Å². The number of hydrogen-bond donors (Lipinski definition) is 12. The standard InChI is InChI=1S/C51H82O22/c1-20-8-13-51(64-19-20)21(2)32-28(73-51)15-27-25-7-6-23-14-24(9-11-49(23,4)26(25)10-12-50(27,32)5)66-46-40(62)37(59)43(31(18-54)68-46)71-48-44(36(58)34(56)29(16-52)67-48)72-47-41(63)38(60)42(30(17-53)69-47)70-45-39(61)35(57)33(55)22(3)65-45/h6,20-22,24-48,52-63H,7-19H2,1-5H3/t20-,21-,22+,24+,25+,26-,27-,28-,29-,30-,31-,32-,33+,34-,35-,36+,37-,38-,39-,40-,41-,42-,43+,44-,45+,46-,47+,48+,49+,50-,51+/m1/s1. The molecule has 0 radical (unpaired) electrons. The molecule has 0 bridgehead atoms. The quantitative estimate of drug-likeness (QED) is 0.1000. The highest BCUT2D eigenvalue weighted by atomic mass is 16.8. The third-order valence-electron chi connectivity index (χ3n) is 19.8. The van der Waals surface area contributed by atoms with Gasteiger partial charge in [0.15, 0.2) is 30.9 Å². The number of rotatable bonds is 11. The van der Waals surface area contributed by atoms with Crippen LogP contribution in [0.25, 0.3) is 0 Å². The van der Waals surface area contributed by atoms with Crippen LogP contribution in [0.4, 0.5) is 0 Å². The fourth-order valence-corrected chi connectivity index (χ4v) is 15.5. The van der Waals surface area contributed by atoms with Crippen LogP contribution in [0.2, 0.25) is 0 Å². The van der Waals surface area contributed by atoms with Crippen LogP contribution < -0.4 is 0 Å². The predicted octanol–water partition coefficient (Wildman–Crippen LogP) is -1.96. The number of aliphatic hydroxyl groups is 12. The van der Waals surface area contributed by atoms with Gasteiger partial charge in [0, 0.05) is 12.3 Å². The van der Waals surface area contributed by atoms with Gasteiger partial charge in [-0.2, -0.15) is 0 Å². The molecule has 4 aliphatic carbocycles. The molecule has 10 aliphatic rings. The molecule has 9 fully saturated rings. The van der Waals surface area contributed by atoms with E-state index in [2.05, 4.69) is 33.8 Å². The van der Waals surface area contributed by atoms with Crippen LogP contribution in [0, 0.1) is 46.3 Å². The third kappa shape index (κ3) is 9.42. The number of fused-ring (bicyclic) bond motifs is 7. The highest BCUT2D eigenvalue weighted by molar-refractivity contribution is 5.26. The monoisotopic (exact) mass is 1050 g/mol. The van der Waals surface area contributed by atoms with Crippen molar-refractivity contribution in [3.8, 4) is 0 Å². The van der Waals surface area contributed by atoms with Crippen molar-refractivity contribution in [2.45, 2.75) is 233 Å². The van der Waals surface area contributed by atoms with Gasteiger partial charge >= 0.3 is 0 Å². The summed E-state index contributed by atoms with van der Waals surface area (Å²) in [4.78, 5) is 0. The Bertz CT molecular complexity index is 1920. The number of aliphatic hydroxyl groups excluding tert-OH is 12. The van der Waals surface area contributed by atoms with Gasteiger partial charge in [-0.15, -0.1) is 0 Å². The topological polar surface area (TPSA) is 335 Å². The van der Waals surface area contributed by atoms with E-state index in [-0.39, 0.29) is 23.0 Å². The van der Waals surface area contributed by atoms with Gasteiger partial charge in [0.2, 0.25) is 0 Å². The highest BCUT2D eigenvalue weighted by Gasteiger charge is 2.69. The Morgan fingerprint density at radius 3 is 1.78 bits per heavy atom. The first kappa shape index (κ1) is 55.2. The Morgan fingerprint density at radius 2 is 1.15 bits per heavy atom. The SMILES string of the molecule is C[C@@H]1CC[C@]2(OC1)O[C@@H]1C[C@@H]3[C@H]4CC=C5C[C@@H](O[C@@H]6O[C@H](CO)[C@H](O[C@@H]7O[C@H](CO)[C@@H](O)[C@H](O)[C@H]7O[C@@H]7O[C@H](CO)[C@@H](O[C@@H]8O[C@@H](C)[C@H](O)[C@@H](O)[C@H]8O)[C@H](O)[C@H]7O)[C@H](O)[C@H]6O)CC[C@]5(C)[C@@H]4CC[C@@]3(C)[C@@H]1[C@H]2C. The van der Waals surface area contributed by atoms with E-state index in [0.717, 1.165) is 51.6 Å². The van der Waals surface area contributed by atoms with Crippen molar-refractivity contribution in [1.82, 2.24) is 0 Å². The van der Waals surface area contributed by atoms with Gasteiger partial charge in [-0.3, -0.25) is 0 Å². The van der Waals surface area contributed by atoms with Crippen molar-refractivity contribution in [3.05, 3.63) is 11.6 Å². The summed E-state index contributed by atoms with van der Waals surface area (Å²) in [7, 11) is 0. The molecule has 73 heavy (non-hydrogen) atoms. The molecule has 3 saturated carbocycles. The van der Waals surface area contributed by atoms with Crippen LogP contribution in [-0.4, -0.2) is 229 Å². The largest absolute Gasteiger partial charge is 0.394 e. The number of hydrogen-bond acceptors (Lipinski definition) is 22. The Kier molecular flexibility index (Phi) is 16.0. The normalized spacial score (nSPS) is 57.1. The lowest BCUT2D eigenvalue weighted by Crippen LogP contribution is -2.67. The zero-order chi connectivity index (χ0) is 52.2. The Balaban J connectivity index is 0.780. The molecular formula is C51H82O22. The van der Waals surface area contributed by atoms with Crippen molar-refractivity contribution in [2.75, 3.05) is 26.4 Å². The second kappa shape index (κ2) is 21.2. The molecule has 0 amide bonds. The number of ether oxygens (including phenoxy) is 10. The number of allylic oxidation sites excluding steroid dienone is 1. The Hall–Kier alpha value is -1.14. The van der Waals surface area contributed by atoms with Gasteiger partial charge in [0.25, 0.3) is 0 Å². The Labute approximate surface area is 425 Å². The van der Waals surface area contributed by atoms with Gasteiger partial charge in [-0.05, 0) is 98.7 Å². The lowest BCUT2D eigenvalue weighted by atomic mass is 9.47. The second-order valence-electron chi connectivity index (χ2n) is 23.9. The highest BCUT2D eigenvalue weighted by Crippen LogP contribution is 2.71. The summed E-state index contributed by atoms with van der Waals surface area (Å²) in [5.74, 6) is 2.51. The molecule has 0 unspecified atom stereocenters. The summed E-state index contributed by atoms with van der Waals surface area (Å²) in [5.41, 5.74) is 1.47. The molecule has 418 valence electrons. The molecule has 31 atom stereocenters. The van der Waals surface area contributed by atoms with Crippen LogP contribution in [0.15, 0.2) is 11.6 Å². The van der Waals surface area contributed by atoms with E-state index in [1.54, 1.807) is 0 Å². The summed E-state index contributed by atoms with van der Waals surface area (Å²) in [6.07, 6.45) is -22.7. The van der Waals surface area contributed by atoms with Gasteiger partial charge in [-0.25, -0.2) is 0 Å². The van der Waals surface area contributed by atoms with Crippen LogP contribution in [-0.2, 0) is 47.4 Å². The zero-order valence-electron chi connectivity index (χ0n) is 42.4. The maximum Gasteiger partial charge on any atom is 0.187 e. The van der Waals surface area contributed by atoms with Crippen molar-refractivity contribution < 1.29 is 109 Å². The molecule has 0 aromatic rings. The van der Waals surface area contributed by atoms with Gasteiger partial charge < -0.3 is 109 Å². The van der Waals surface area contributed by atoms with Gasteiger partial charge in [-0.1, -0.05) is 39.3 Å². The van der Waals surface area contributed by atoms with Gasteiger partial charge in [0.05, 0.1) is 44.7 Å². The van der Waals surface area contributed by atoms with Gasteiger partial charge in [0.1, 0.15) is 91.6 Å². The van der Waals surface area contributed by atoms with E-state index < -0.39 is 148 Å². The molecule has 22 heteroatoms. The van der Waals surface area contributed by atoms with E-state index >= 15 is 0 Å². The molecule has 0 aromatic carbocycles. The van der Waals surface area contributed by atoms with E-state index in [1.807, 2.05) is 0 Å². The average molecular weight is 1050 g/mol. The first-order chi connectivity index (χ1) is 34.7. The smallest absolute Gasteiger partial charge is 0.187 e. The fraction of sp³-hybridized carbons (Fsp3) is 0.961. The van der Waals surface area contributed by atoms with Crippen molar-refractivity contribution in [3.63, 3.8) is 0 Å². The molecule has 1 spiro atoms. The van der Waals surface area contributed by atoms with Crippen LogP contribution in [0.3, 0.4) is 0 Å². The van der Waals surface area contributed by atoms with E-state index in [4.69, 9.17) is 47.4 Å². The summed E-state index contributed by atoms with van der Waals surface area (Å²) in [6, 6.07) is 0. The molecule has 6 heterocycles. The third-order valence-corrected chi connectivity index (χ3v) is 19.8. The van der Waals surface area contributed by atoms with Crippen LogP contribution >= 0.6 is 0 Å². The maximum atomic E-state index is 11.7. The minimum atomic E-state index is -2.03. The van der Waals surface area contributed by atoms with Crippen molar-refractivity contribution in [2.24, 2.45) is 46.3 Å². The van der Waals surface area contributed by atoms with Crippen LogP contribution in [0.1, 0.15) is 92.4 Å². The van der Waals surface area contributed by atoms with E-state index in [9.17, 15) is 61.3 Å². The molecule has 6 aliphatic heterocycles. The lowest BCUT2D eigenvalue weighted by molar-refractivity contribution is -0.397. The minimum Gasteiger partial charge on any atom is -0.394 e. The maximum absolute atomic E-state index is 11.7. The summed E-state index contributed by atoms with van der Waals surface area (Å²) >= 11 is 0. The Morgan fingerprint density at radius 1 is 0.575 bits per heavy atom. The van der Waals surface area contributed by atoms with E-state index in [0.29, 0.717) is 48.3 Å². The molecular weight excluding hydrogens is 965 g/mol. The lowest BCUT2D eigenvalue weighted by Gasteiger charge is -2.58. The summed E-state index contributed by atoms with van der Waals surface area (Å²) in [6.45, 7) is 9.26. The molecule has 10 rings (SSSR count). The second-order valence-corrected chi connectivity index (χ2v) is 23.9. The molecule has 22 nitrogen and oxygen atoms in total. The molecule has 12 N–H and O–H groups in total. The molecule has 0 aromatic heterocycles. The average Bonchev–Trinajstić information content (AvgIpc) is 3.82. The summed E-state index contributed by atoms with van der Waals surface area (Å²) in [5, 5.41) is 130.